The predicted octanol–water partition coefficient (Wildman–Crippen LogP) is 3.14. The normalized spacial score (nSPS) is 11.3. The molecule has 182 valence electrons. The van der Waals surface area contributed by atoms with Gasteiger partial charge in [-0.3, -0.25) is 14.2 Å². The molecule has 0 atom stereocenters. The van der Waals surface area contributed by atoms with Gasteiger partial charge in [-0.1, -0.05) is 6.07 Å². The van der Waals surface area contributed by atoms with Crippen LogP contribution in [0, 0.1) is 18.3 Å². The second-order valence-corrected chi connectivity index (χ2v) is 7.70. The Kier molecular flexibility index (Phi) is 6.07. The molecule has 4 aromatic rings. The van der Waals surface area contributed by atoms with Crippen molar-refractivity contribution in [2.75, 3.05) is 0 Å². The van der Waals surface area contributed by atoms with Crippen LogP contribution in [0.15, 0.2) is 70.4 Å². The van der Waals surface area contributed by atoms with Crippen LogP contribution in [0.1, 0.15) is 16.8 Å². The number of carboxylic acid groups (broad SMARTS) is 1. The molecule has 2 aromatic heterocycles. The summed E-state index contributed by atoms with van der Waals surface area (Å²) in [5.41, 5.74) is -2.41. The van der Waals surface area contributed by atoms with Gasteiger partial charge in [0.25, 0.3) is 5.56 Å². The number of carbonyl (C=O) groups is 1. The Labute approximate surface area is 200 Å². The van der Waals surface area contributed by atoms with E-state index in [4.69, 9.17) is 5.26 Å². The summed E-state index contributed by atoms with van der Waals surface area (Å²) < 4.78 is 42.7. The van der Waals surface area contributed by atoms with Gasteiger partial charge in [0, 0.05) is 5.69 Å². The minimum absolute atomic E-state index is 0.0126. The van der Waals surface area contributed by atoms with Crippen LogP contribution in [0.25, 0.3) is 22.6 Å². The third-order valence-electron chi connectivity index (χ3n) is 5.44. The molecule has 0 bridgehead atoms. The van der Waals surface area contributed by atoms with E-state index in [-0.39, 0.29) is 22.6 Å². The summed E-state index contributed by atoms with van der Waals surface area (Å²) in [5, 5.41) is 22.5. The topological polar surface area (TPSA) is 123 Å². The van der Waals surface area contributed by atoms with Crippen LogP contribution in [-0.2, 0) is 17.5 Å². The molecule has 0 aliphatic carbocycles. The van der Waals surface area contributed by atoms with Crippen molar-refractivity contribution in [3.05, 3.63) is 98.5 Å². The Bertz CT molecular complexity index is 1640. The number of halogens is 3. The molecule has 0 aliphatic heterocycles. The predicted molar refractivity (Wildman–Crippen MR) is 121 cm³/mol. The lowest BCUT2D eigenvalue weighted by Crippen LogP contribution is -2.43. The van der Waals surface area contributed by atoms with Crippen LogP contribution in [0.4, 0.5) is 13.2 Å². The van der Waals surface area contributed by atoms with Gasteiger partial charge in [-0.2, -0.15) is 23.5 Å². The third-order valence-corrected chi connectivity index (χ3v) is 5.44. The standard InChI is InChI=1S/C24H16F3N5O4/c1-14-21(19-9-10-29-32(19)17-7-5-15(12-28)6-8-17)22(35)30(13-20(33)34)23(36)31(14)18-4-2-3-16(11-18)24(25,26)27/h2-11H,13H2,1H3,(H,33,34). The van der Waals surface area contributed by atoms with E-state index in [0.717, 1.165) is 22.8 Å². The molecule has 0 spiro atoms. The molecule has 0 aliphatic rings. The second kappa shape index (κ2) is 9.03. The SMILES string of the molecule is Cc1c(-c2ccnn2-c2ccc(C#N)cc2)c(=O)n(CC(=O)O)c(=O)n1-c1cccc(C(F)(F)F)c1. The summed E-state index contributed by atoms with van der Waals surface area (Å²) in [6, 6.07) is 13.6. The van der Waals surface area contributed by atoms with E-state index in [1.54, 1.807) is 12.1 Å². The first-order valence-electron chi connectivity index (χ1n) is 10.3. The van der Waals surface area contributed by atoms with E-state index < -0.39 is 35.5 Å². The number of carboxylic acids is 1. The number of aromatic nitrogens is 4. The zero-order valence-corrected chi connectivity index (χ0v) is 18.5. The molecular weight excluding hydrogens is 479 g/mol. The Balaban J connectivity index is 2.04. The number of rotatable bonds is 5. The third kappa shape index (κ3) is 4.29. The highest BCUT2D eigenvalue weighted by Crippen LogP contribution is 2.31. The van der Waals surface area contributed by atoms with Gasteiger partial charge in [-0.05, 0) is 55.5 Å². The molecule has 0 fully saturated rings. The van der Waals surface area contributed by atoms with Gasteiger partial charge in [0.05, 0.1) is 46.0 Å². The number of benzene rings is 2. The van der Waals surface area contributed by atoms with Gasteiger partial charge in [0.15, 0.2) is 0 Å². The largest absolute Gasteiger partial charge is 0.480 e. The van der Waals surface area contributed by atoms with Crippen LogP contribution in [0.2, 0.25) is 0 Å². The van der Waals surface area contributed by atoms with Gasteiger partial charge in [-0.15, -0.1) is 0 Å². The summed E-state index contributed by atoms with van der Waals surface area (Å²) in [6.07, 6.45) is -3.33. The zero-order chi connectivity index (χ0) is 26.2. The lowest BCUT2D eigenvalue weighted by Gasteiger charge is -2.18. The van der Waals surface area contributed by atoms with Crippen LogP contribution < -0.4 is 11.2 Å². The maximum Gasteiger partial charge on any atom is 0.416 e. The summed E-state index contributed by atoms with van der Waals surface area (Å²) >= 11 is 0. The molecule has 0 saturated heterocycles. The zero-order valence-electron chi connectivity index (χ0n) is 18.5. The summed E-state index contributed by atoms with van der Waals surface area (Å²) in [4.78, 5) is 38.0. The fraction of sp³-hybridized carbons (Fsp3) is 0.125. The van der Waals surface area contributed by atoms with Crippen LogP contribution in [0.5, 0.6) is 0 Å². The molecule has 2 aromatic carbocycles. The molecule has 4 rings (SSSR count). The summed E-state index contributed by atoms with van der Waals surface area (Å²) in [7, 11) is 0. The number of hydrogen-bond acceptors (Lipinski definition) is 5. The molecule has 2 heterocycles. The van der Waals surface area contributed by atoms with Crippen LogP contribution in [0.3, 0.4) is 0 Å². The molecule has 36 heavy (non-hydrogen) atoms. The molecule has 0 amide bonds. The molecule has 12 heteroatoms. The maximum absolute atomic E-state index is 13.4. The fourth-order valence-electron chi connectivity index (χ4n) is 3.82. The van der Waals surface area contributed by atoms with Crippen molar-refractivity contribution in [3.63, 3.8) is 0 Å². The molecule has 0 unspecified atom stereocenters. The molecular formula is C24H16F3N5O4. The average Bonchev–Trinajstić information content (AvgIpc) is 3.31. The monoisotopic (exact) mass is 495 g/mol. The first-order valence-corrected chi connectivity index (χ1v) is 10.3. The van der Waals surface area contributed by atoms with Gasteiger partial charge in [0.1, 0.15) is 6.54 Å². The van der Waals surface area contributed by atoms with Crippen LogP contribution >= 0.6 is 0 Å². The van der Waals surface area contributed by atoms with Crippen LogP contribution in [-0.4, -0.2) is 30.0 Å². The molecule has 0 radical (unpaired) electrons. The highest BCUT2D eigenvalue weighted by Gasteiger charge is 2.31. The number of nitrogens with zero attached hydrogens (tertiary/aromatic N) is 5. The van der Waals surface area contributed by atoms with Crippen molar-refractivity contribution in [1.82, 2.24) is 18.9 Å². The molecule has 1 N–H and O–H groups in total. The van der Waals surface area contributed by atoms with Crippen molar-refractivity contribution in [2.45, 2.75) is 19.6 Å². The summed E-state index contributed by atoms with van der Waals surface area (Å²) in [5.74, 6) is -1.49. The Morgan fingerprint density at radius 1 is 1.08 bits per heavy atom. The Morgan fingerprint density at radius 2 is 1.78 bits per heavy atom. The number of alkyl halides is 3. The first-order chi connectivity index (χ1) is 17.0. The van der Waals surface area contributed by atoms with E-state index in [9.17, 15) is 32.7 Å². The number of nitriles is 1. The number of aliphatic carboxylic acids is 1. The molecule has 9 nitrogen and oxygen atoms in total. The van der Waals surface area contributed by atoms with Gasteiger partial charge < -0.3 is 5.11 Å². The molecule has 0 saturated carbocycles. The van der Waals surface area contributed by atoms with Crippen molar-refractivity contribution in [2.24, 2.45) is 0 Å². The van der Waals surface area contributed by atoms with Gasteiger partial charge in [-0.25, -0.2) is 14.0 Å². The first kappa shape index (κ1) is 24.2. The lowest BCUT2D eigenvalue weighted by atomic mass is 10.1. The van der Waals surface area contributed by atoms with E-state index in [1.807, 2.05) is 6.07 Å². The minimum atomic E-state index is -4.69. The smallest absolute Gasteiger partial charge is 0.416 e. The quantitative estimate of drug-likeness (QED) is 0.454. The Morgan fingerprint density at radius 3 is 2.39 bits per heavy atom. The van der Waals surface area contributed by atoms with Crippen molar-refractivity contribution in [1.29, 1.82) is 5.26 Å². The van der Waals surface area contributed by atoms with Crippen molar-refractivity contribution in [3.8, 4) is 28.7 Å². The highest BCUT2D eigenvalue weighted by atomic mass is 19.4. The van der Waals surface area contributed by atoms with Gasteiger partial charge >= 0.3 is 17.8 Å². The second-order valence-electron chi connectivity index (χ2n) is 7.70. The average molecular weight is 495 g/mol. The van der Waals surface area contributed by atoms with E-state index in [2.05, 4.69) is 5.10 Å². The van der Waals surface area contributed by atoms with E-state index in [0.29, 0.717) is 15.8 Å². The Hall–Kier alpha value is -4.92. The lowest BCUT2D eigenvalue weighted by molar-refractivity contribution is -0.138. The van der Waals surface area contributed by atoms with Crippen molar-refractivity contribution < 1.29 is 23.1 Å². The minimum Gasteiger partial charge on any atom is -0.480 e. The fourth-order valence-corrected chi connectivity index (χ4v) is 3.82. The number of hydrogen-bond donors (Lipinski definition) is 1. The van der Waals surface area contributed by atoms with E-state index in [1.165, 1.54) is 42.1 Å². The summed E-state index contributed by atoms with van der Waals surface area (Å²) in [6.45, 7) is 0.370. The van der Waals surface area contributed by atoms with E-state index >= 15 is 0 Å². The highest BCUT2D eigenvalue weighted by molar-refractivity contribution is 5.68. The van der Waals surface area contributed by atoms with Gasteiger partial charge in [0.2, 0.25) is 0 Å². The van der Waals surface area contributed by atoms with Crippen molar-refractivity contribution >= 4 is 5.97 Å². The maximum atomic E-state index is 13.4.